The van der Waals surface area contributed by atoms with Gasteiger partial charge in [0.25, 0.3) is 0 Å². The van der Waals surface area contributed by atoms with Crippen LogP contribution in [0, 0.1) is 19.8 Å². The number of piperidine rings is 1. The van der Waals surface area contributed by atoms with Gasteiger partial charge in [0.05, 0.1) is 0 Å². The van der Waals surface area contributed by atoms with Crippen LogP contribution >= 0.6 is 0 Å². The average molecular weight is 249 g/mol. The van der Waals surface area contributed by atoms with Crippen molar-refractivity contribution in [3.63, 3.8) is 0 Å². The van der Waals surface area contributed by atoms with Crippen LogP contribution in [0.2, 0.25) is 0 Å². The molecule has 2 rings (SSSR count). The first-order valence-corrected chi connectivity index (χ1v) is 6.87. The lowest BCUT2D eigenvalue weighted by molar-refractivity contribution is 0.263. The minimum atomic E-state index is 0.302. The minimum absolute atomic E-state index is 0.302. The van der Waals surface area contributed by atoms with Crippen LogP contribution in [0.1, 0.15) is 37.1 Å². The second kappa shape index (κ2) is 6.14. The number of aromatic nitrogens is 2. The summed E-state index contributed by atoms with van der Waals surface area (Å²) in [7, 11) is 0. The van der Waals surface area contributed by atoms with Crippen molar-refractivity contribution >= 4 is 5.95 Å². The van der Waals surface area contributed by atoms with Crippen molar-refractivity contribution in [3.05, 3.63) is 17.5 Å². The fourth-order valence-corrected chi connectivity index (χ4v) is 2.71. The van der Waals surface area contributed by atoms with Crippen LogP contribution in [0.25, 0.3) is 0 Å². The predicted molar refractivity (Wildman–Crippen MR) is 72.8 cm³/mol. The molecule has 1 fully saturated rings. The highest BCUT2D eigenvalue weighted by Crippen LogP contribution is 2.23. The van der Waals surface area contributed by atoms with Crippen molar-refractivity contribution < 1.29 is 5.11 Å². The SMILES string of the molecule is Cc1cc(C)nc(N2CCC[C@H](CCCO)C2)n1. The van der Waals surface area contributed by atoms with Gasteiger partial charge >= 0.3 is 0 Å². The zero-order valence-corrected chi connectivity index (χ0v) is 11.4. The number of aryl methyl sites for hydroxylation is 2. The largest absolute Gasteiger partial charge is 0.396 e. The lowest BCUT2D eigenvalue weighted by atomic mass is 9.94. The van der Waals surface area contributed by atoms with Crippen LogP contribution < -0.4 is 4.90 Å². The quantitative estimate of drug-likeness (QED) is 0.887. The number of hydrogen-bond donors (Lipinski definition) is 1. The predicted octanol–water partition coefficient (Wildman–Crippen LogP) is 2.08. The smallest absolute Gasteiger partial charge is 0.225 e. The standard InChI is InChI=1S/C14H23N3O/c1-11-9-12(2)16-14(15-11)17-7-3-5-13(10-17)6-4-8-18/h9,13,18H,3-8,10H2,1-2H3/t13-/m1/s1. The van der Waals surface area contributed by atoms with E-state index in [1.165, 1.54) is 12.8 Å². The Labute approximate surface area is 109 Å². The van der Waals surface area contributed by atoms with Crippen molar-refractivity contribution in [2.75, 3.05) is 24.6 Å². The topological polar surface area (TPSA) is 49.2 Å². The molecular formula is C14H23N3O. The molecule has 1 aromatic rings. The highest BCUT2D eigenvalue weighted by atomic mass is 16.2. The molecule has 0 aliphatic carbocycles. The van der Waals surface area contributed by atoms with E-state index in [-0.39, 0.29) is 0 Å². The van der Waals surface area contributed by atoms with E-state index in [0.717, 1.165) is 43.3 Å². The van der Waals surface area contributed by atoms with Crippen LogP contribution in [-0.4, -0.2) is 34.8 Å². The number of anilines is 1. The zero-order chi connectivity index (χ0) is 13.0. The van der Waals surface area contributed by atoms with Crippen LogP contribution in [0.5, 0.6) is 0 Å². The van der Waals surface area contributed by atoms with Gasteiger partial charge in [0.15, 0.2) is 0 Å². The van der Waals surface area contributed by atoms with Crippen LogP contribution in [0.15, 0.2) is 6.07 Å². The van der Waals surface area contributed by atoms with Gasteiger partial charge in [-0.15, -0.1) is 0 Å². The average Bonchev–Trinajstić information content (AvgIpc) is 2.35. The number of aliphatic hydroxyl groups is 1. The highest BCUT2D eigenvalue weighted by molar-refractivity contribution is 5.32. The molecular weight excluding hydrogens is 226 g/mol. The maximum absolute atomic E-state index is 8.91. The Kier molecular flexibility index (Phi) is 4.53. The Morgan fingerprint density at radius 2 is 2.06 bits per heavy atom. The second-order valence-corrected chi connectivity index (χ2v) is 5.27. The summed E-state index contributed by atoms with van der Waals surface area (Å²) in [6.45, 7) is 6.43. The molecule has 0 amide bonds. The third-order valence-electron chi connectivity index (χ3n) is 3.54. The molecule has 1 aromatic heterocycles. The van der Waals surface area contributed by atoms with E-state index in [4.69, 9.17) is 5.11 Å². The van der Waals surface area contributed by atoms with E-state index < -0.39 is 0 Å². The van der Waals surface area contributed by atoms with Gasteiger partial charge in [-0.3, -0.25) is 0 Å². The Hall–Kier alpha value is -1.16. The summed E-state index contributed by atoms with van der Waals surface area (Å²) >= 11 is 0. The third kappa shape index (κ3) is 3.42. The summed E-state index contributed by atoms with van der Waals surface area (Å²) in [4.78, 5) is 11.4. The van der Waals surface area contributed by atoms with Crippen molar-refractivity contribution in [3.8, 4) is 0 Å². The molecule has 1 atom stereocenters. The lowest BCUT2D eigenvalue weighted by Crippen LogP contribution is -2.36. The minimum Gasteiger partial charge on any atom is -0.396 e. The molecule has 1 aliphatic rings. The fraction of sp³-hybridized carbons (Fsp3) is 0.714. The number of hydrogen-bond acceptors (Lipinski definition) is 4. The number of aliphatic hydroxyl groups excluding tert-OH is 1. The van der Waals surface area contributed by atoms with E-state index in [1.807, 2.05) is 19.9 Å². The summed E-state index contributed by atoms with van der Waals surface area (Å²) in [6.07, 6.45) is 4.48. The van der Waals surface area contributed by atoms with Crippen LogP contribution in [0.4, 0.5) is 5.95 Å². The highest BCUT2D eigenvalue weighted by Gasteiger charge is 2.21. The van der Waals surface area contributed by atoms with Crippen molar-refractivity contribution in [2.45, 2.75) is 39.5 Å². The molecule has 0 unspecified atom stereocenters. The van der Waals surface area contributed by atoms with Gasteiger partial charge in [0.2, 0.25) is 5.95 Å². The summed E-state index contributed by atoms with van der Waals surface area (Å²) in [6, 6.07) is 2.01. The fourth-order valence-electron chi connectivity index (χ4n) is 2.71. The third-order valence-corrected chi connectivity index (χ3v) is 3.54. The van der Waals surface area contributed by atoms with Crippen molar-refractivity contribution in [2.24, 2.45) is 5.92 Å². The number of nitrogens with zero attached hydrogens (tertiary/aromatic N) is 3. The Morgan fingerprint density at radius 3 is 2.72 bits per heavy atom. The summed E-state index contributed by atoms with van der Waals surface area (Å²) in [5.74, 6) is 1.55. The maximum Gasteiger partial charge on any atom is 0.225 e. The van der Waals surface area contributed by atoms with Crippen LogP contribution in [-0.2, 0) is 0 Å². The molecule has 18 heavy (non-hydrogen) atoms. The summed E-state index contributed by atoms with van der Waals surface area (Å²) in [5.41, 5.74) is 2.07. The van der Waals surface area contributed by atoms with Crippen molar-refractivity contribution in [1.82, 2.24) is 9.97 Å². The maximum atomic E-state index is 8.91. The molecule has 0 saturated carbocycles. The Bertz CT molecular complexity index is 374. The normalized spacial score (nSPS) is 20.2. The zero-order valence-electron chi connectivity index (χ0n) is 11.4. The first-order chi connectivity index (χ1) is 8.69. The van der Waals surface area contributed by atoms with Gasteiger partial charge in [0, 0.05) is 31.1 Å². The number of rotatable bonds is 4. The van der Waals surface area contributed by atoms with Gasteiger partial charge in [-0.2, -0.15) is 0 Å². The van der Waals surface area contributed by atoms with E-state index in [1.54, 1.807) is 0 Å². The van der Waals surface area contributed by atoms with E-state index in [0.29, 0.717) is 12.5 Å². The molecule has 0 bridgehead atoms. The second-order valence-electron chi connectivity index (χ2n) is 5.27. The molecule has 1 aliphatic heterocycles. The molecule has 0 spiro atoms. The molecule has 1 saturated heterocycles. The molecule has 0 aromatic carbocycles. The first-order valence-electron chi connectivity index (χ1n) is 6.87. The van der Waals surface area contributed by atoms with E-state index in [9.17, 15) is 0 Å². The Balaban J connectivity index is 2.03. The van der Waals surface area contributed by atoms with Gasteiger partial charge in [-0.05, 0) is 51.5 Å². The summed E-state index contributed by atoms with van der Waals surface area (Å²) < 4.78 is 0. The molecule has 4 heteroatoms. The molecule has 2 heterocycles. The molecule has 1 N–H and O–H groups in total. The van der Waals surface area contributed by atoms with Gasteiger partial charge in [-0.25, -0.2) is 9.97 Å². The van der Waals surface area contributed by atoms with Gasteiger partial charge < -0.3 is 10.0 Å². The van der Waals surface area contributed by atoms with Gasteiger partial charge in [-0.1, -0.05) is 0 Å². The van der Waals surface area contributed by atoms with Crippen molar-refractivity contribution in [1.29, 1.82) is 0 Å². The van der Waals surface area contributed by atoms with Crippen LogP contribution in [0.3, 0.4) is 0 Å². The van der Waals surface area contributed by atoms with E-state index in [2.05, 4.69) is 14.9 Å². The monoisotopic (exact) mass is 249 g/mol. The van der Waals surface area contributed by atoms with E-state index >= 15 is 0 Å². The Morgan fingerprint density at radius 1 is 1.33 bits per heavy atom. The summed E-state index contributed by atoms with van der Waals surface area (Å²) in [5, 5.41) is 8.91. The first kappa shape index (κ1) is 13.3. The molecule has 4 nitrogen and oxygen atoms in total. The molecule has 100 valence electrons. The lowest BCUT2D eigenvalue weighted by Gasteiger charge is -2.33. The van der Waals surface area contributed by atoms with Gasteiger partial charge in [0.1, 0.15) is 0 Å². The molecule has 0 radical (unpaired) electrons.